The van der Waals surface area contributed by atoms with E-state index in [-0.39, 0.29) is 21.8 Å². The maximum Gasteiger partial charge on any atom is 0.288 e. The Hall–Kier alpha value is -1.73. The number of hydrogen-bond acceptors (Lipinski definition) is 5. The van der Waals surface area contributed by atoms with Crippen LogP contribution in [0, 0.1) is 15.5 Å². The highest BCUT2D eigenvalue weighted by atomic mass is 35.5. The molecule has 1 fully saturated rings. The number of carbonyl (C=O) groups is 1. The summed E-state index contributed by atoms with van der Waals surface area (Å²) in [6.07, 6.45) is 2.74. The van der Waals surface area contributed by atoms with Crippen LogP contribution in [-0.2, 0) is 4.74 Å². The van der Waals surface area contributed by atoms with Crippen molar-refractivity contribution in [2.45, 2.75) is 19.8 Å². The van der Waals surface area contributed by atoms with Crippen LogP contribution in [0.25, 0.3) is 0 Å². The third kappa shape index (κ3) is 3.89. The highest BCUT2D eigenvalue weighted by Crippen LogP contribution is 2.29. The number of aromatic nitrogens is 1. The summed E-state index contributed by atoms with van der Waals surface area (Å²) in [6.45, 7) is 3.88. The molecule has 1 saturated heterocycles. The Morgan fingerprint density at radius 2 is 2.24 bits per heavy atom. The second kappa shape index (κ2) is 6.36. The van der Waals surface area contributed by atoms with E-state index in [0.717, 1.165) is 25.1 Å². The van der Waals surface area contributed by atoms with Crippen LogP contribution in [0.4, 0.5) is 5.69 Å². The Morgan fingerprint density at radius 3 is 2.86 bits per heavy atom. The molecule has 1 aromatic rings. The SMILES string of the molecule is CC1(CNC(=O)c2cc([N+](=O)[O-])cnc2Cl)CCOCC1. The van der Waals surface area contributed by atoms with Gasteiger partial charge in [-0.05, 0) is 18.3 Å². The number of nitro groups is 1. The number of carbonyl (C=O) groups excluding carboxylic acids is 1. The normalized spacial score (nSPS) is 17.2. The third-order valence-electron chi connectivity index (χ3n) is 3.66. The second-order valence-electron chi connectivity index (χ2n) is 5.39. The van der Waals surface area contributed by atoms with E-state index in [2.05, 4.69) is 17.2 Å². The molecule has 114 valence electrons. The predicted molar refractivity (Wildman–Crippen MR) is 76.4 cm³/mol. The zero-order valence-corrected chi connectivity index (χ0v) is 12.4. The summed E-state index contributed by atoms with van der Waals surface area (Å²) in [6, 6.07) is 1.14. The van der Waals surface area contributed by atoms with Crippen LogP contribution in [0.15, 0.2) is 12.3 Å². The van der Waals surface area contributed by atoms with E-state index in [1.807, 2.05) is 0 Å². The lowest BCUT2D eigenvalue weighted by Crippen LogP contribution is -2.39. The van der Waals surface area contributed by atoms with Crippen LogP contribution in [0.5, 0.6) is 0 Å². The number of halogens is 1. The zero-order valence-electron chi connectivity index (χ0n) is 11.6. The van der Waals surface area contributed by atoms with Gasteiger partial charge in [0.2, 0.25) is 0 Å². The van der Waals surface area contributed by atoms with Crippen molar-refractivity contribution in [3.05, 3.63) is 33.1 Å². The van der Waals surface area contributed by atoms with Crippen molar-refractivity contribution < 1.29 is 14.5 Å². The topological polar surface area (TPSA) is 94.4 Å². The first-order valence-electron chi connectivity index (χ1n) is 6.57. The lowest BCUT2D eigenvalue weighted by molar-refractivity contribution is -0.385. The standard InChI is InChI=1S/C13H16ClN3O4/c1-13(2-4-21-5-3-13)8-16-12(18)10-6-9(17(19)20)7-15-11(10)14/h6-7H,2-5,8H2,1H3,(H,16,18). The van der Waals surface area contributed by atoms with Crippen LogP contribution in [0.2, 0.25) is 5.15 Å². The number of ether oxygens (including phenoxy) is 1. The Kier molecular flexibility index (Phi) is 4.74. The van der Waals surface area contributed by atoms with Crippen LogP contribution >= 0.6 is 11.6 Å². The van der Waals surface area contributed by atoms with Gasteiger partial charge >= 0.3 is 0 Å². The molecule has 0 unspecified atom stereocenters. The summed E-state index contributed by atoms with van der Waals surface area (Å²) < 4.78 is 5.30. The van der Waals surface area contributed by atoms with E-state index in [4.69, 9.17) is 16.3 Å². The van der Waals surface area contributed by atoms with E-state index < -0.39 is 10.8 Å². The molecule has 0 atom stereocenters. The monoisotopic (exact) mass is 313 g/mol. The van der Waals surface area contributed by atoms with Crippen molar-refractivity contribution in [2.75, 3.05) is 19.8 Å². The summed E-state index contributed by atoms with van der Waals surface area (Å²) >= 11 is 5.84. The molecule has 2 rings (SSSR count). The molecule has 21 heavy (non-hydrogen) atoms. The molecule has 2 heterocycles. The van der Waals surface area contributed by atoms with Gasteiger partial charge < -0.3 is 10.1 Å². The fourth-order valence-corrected chi connectivity index (χ4v) is 2.32. The zero-order chi connectivity index (χ0) is 15.5. The van der Waals surface area contributed by atoms with E-state index in [1.54, 1.807) is 0 Å². The average Bonchev–Trinajstić information content (AvgIpc) is 2.46. The van der Waals surface area contributed by atoms with Crippen molar-refractivity contribution in [3.8, 4) is 0 Å². The van der Waals surface area contributed by atoms with Gasteiger partial charge in [0, 0.05) is 25.8 Å². The van der Waals surface area contributed by atoms with Crippen LogP contribution in [-0.4, -0.2) is 35.6 Å². The summed E-state index contributed by atoms with van der Waals surface area (Å²) in [4.78, 5) is 25.9. The molecule has 1 aliphatic rings. The number of amides is 1. The maximum absolute atomic E-state index is 12.1. The molecular weight excluding hydrogens is 298 g/mol. The van der Waals surface area contributed by atoms with Gasteiger partial charge in [0.05, 0.1) is 10.5 Å². The highest BCUT2D eigenvalue weighted by Gasteiger charge is 2.28. The van der Waals surface area contributed by atoms with Gasteiger partial charge in [-0.3, -0.25) is 14.9 Å². The molecule has 0 spiro atoms. The van der Waals surface area contributed by atoms with Crippen molar-refractivity contribution in [2.24, 2.45) is 5.41 Å². The van der Waals surface area contributed by atoms with Crippen LogP contribution in [0.1, 0.15) is 30.1 Å². The van der Waals surface area contributed by atoms with Gasteiger partial charge in [0.15, 0.2) is 0 Å². The van der Waals surface area contributed by atoms with Crippen molar-refractivity contribution in [1.29, 1.82) is 0 Å². The molecule has 1 amide bonds. The number of nitrogens with one attached hydrogen (secondary N) is 1. The number of rotatable bonds is 4. The first kappa shape index (κ1) is 15.7. The minimum atomic E-state index is -0.611. The lowest BCUT2D eigenvalue weighted by Gasteiger charge is -2.33. The van der Waals surface area contributed by atoms with Crippen LogP contribution in [0.3, 0.4) is 0 Å². The maximum atomic E-state index is 12.1. The second-order valence-corrected chi connectivity index (χ2v) is 5.75. The van der Waals surface area contributed by atoms with E-state index in [0.29, 0.717) is 19.8 Å². The summed E-state index contributed by atoms with van der Waals surface area (Å²) in [5.41, 5.74) is -0.280. The number of pyridine rings is 1. The molecule has 8 heteroatoms. The smallest absolute Gasteiger partial charge is 0.288 e. The summed E-state index contributed by atoms with van der Waals surface area (Å²) in [7, 11) is 0. The van der Waals surface area contributed by atoms with Crippen molar-refractivity contribution in [1.82, 2.24) is 10.3 Å². The minimum absolute atomic E-state index is 0.0153. The van der Waals surface area contributed by atoms with Gasteiger partial charge in [-0.15, -0.1) is 0 Å². The van der Waals surface area contributed by atoms with Gasteiger partial charge in [-0.2, -0.15) is 0 Å². The Labute approximate surface area is 126 Å². The number of hydrogen-bond donors (Lipinski definition) is 1. The largest absolute Gasteiger partial charge is 0.381 e. The Balaban J connectivity index is 2.06. The lowest BCUT2D eigenvalue weighted by atomic mass is 9.82. The van der Waals surface area contributed by atoms with Gasteiger partial charge in [0.1, 0.15) is 11.3 Å². The molecule has 1 aromatic heterocycles. The Morgan fingerprint density at radius 1 is 1.57 bits per heavy atom. The molecule has 1 N–H and O–H groups in total. The molecule has 0 radical (unpaired) electrons. The van der Waals surface area contributed by atoms with Gasteiger partial charge in [-0.25, -0.2) is 4.98 Å². The van der Waals surface area contributed by atoms with Gasteiger partial charge in [-0.1, -0.05) is 18.5 Å². The molecule has 1 aliphatic heterocycles. The molecule has 0 bridgehead atoms. The van der Waals surface area contributed by atoms with E-state index in [9.17, 15) is 14.9 Å². The van der Waals surface area contributed by atoms with Gasteiger partial charge in [0.25, 0.3) is 11.6 Å². The van der Waals surface area contributed by atoms with Crippen molar-refractivity contribution in [3.63, 3.8) is 0 Å². The first-order chi connectivity index (χ1) is 9.91. The molecule has 0 saturated carbocycles. The summed E-state index contributed by atoms with van der Waals surface area (Å²) in [5, 5.41) is 13.4. The first-order valence-corrected chi connectivity index (χ1v) is 6.95. The van der Waals surface area contributed by atoms with Crippen molar-refractivity contribution >= 4 is 23.2 Å². The Bertz CT molecular complexity index is 558. The fraction of sp³-hybridized carbons (Fsp3) is 0.538. The minimum Gasteiger partial charge on any atom is -0.381 e. The number of nitrogens with zero attached hydrogens (tertiary/aromatic N) is 2. The molecule has 7 nitrogen and oxygen atoms in total. The summed E-state index contributed by atoms with van der Waals surface area (Å²) in [5.74, 6) is -0.455. The fourth-order valence-electron chi connectivity index (χ4n) is 2.13. The predicted octanol–water partition coefficient (Wildman–Crippen LogP) is 2.19. The average molecular weight is 314 g/mol. The molecular formula is C13H16ClN3O4. The highest BCUT2D eigenvalue weighted by molar-refractivity contribution is 6.32. The van der Waals surface area contributed by atoms with Crippen LogP contribution < -0.4 is 5.32 Å². The molecule has 0 aromatic carbocycles. The van der Waals surface area contributed by atoms with E-state index >= 15 is 0 Å². The molecule has 0 aliphatic carbocycles. The quantitative estimate of drug-likeness (QED) is 0.522. The third-order valence-corrected chi connectivity index (χ3v) is 3.96. The van der Waals surface area contributed by atoms with E-state index in [1.165, 1.54) is 0 Å².